The van der Waals surface area contributed by atoms with Crippen LogP contribution in [0.2, 0.25) is 0 Å². The smallest absolute Gasteiger partial charge is 0.246 e. The second-order valence-electron chi connectivity index (χ2n) is 5.30. The van der Waals surface area contributed by atoms with E-state index in [1.54, 1.807) is 11.3 Å². The van der Waals surface area contributed by atoms with Crippen molar-refractivity contribution in [1.82, 2.24) is 10.1 Å². The normalized spacial score (nSPS) is 12.3. The monoisotopic (exact) mass is 329 g/mol. The van der Waals surface area contributed by atoms with Crippen molar-refractivity contribution in [2.24, 2.45) is 0 Å². The molecule has 6 heteroatoms. The zero-order chi connectivity index (χ0) is 16.1. The number of nitrogens with zero attached hydrogens (tertiary/aromatic N) is 3. The third-order valence-corrected chi connectivity index (χ3v) is 4.28. The highest BCUT2D eigenvalue weighted by Crippen LogP contribution is 2.21. The van der Waals surface area contributed by atoms with Gasteiger partial charge in [-0.2, -0.15) is 16.3 Å². The van der Waals surface area contributed by atoms with Crippen molar-refractivity contribution in [2.45, 2.75) is 26.0 Å². The Morgan fingerprint density at radius 1 is 1.26 bits per heavy atom. The summed E-state index contributed by atoms with van der Waals surface area (Å²) in [5, 5.41) is 18.0. The maximum absolute atomic E-state index is 10.0. The zero-order valence-corrected chi connectivity index (χ0v) is 13.7. The Balaban J connectivity index is 1.78. The summed E-state index contributed by atoms with van der Waals surface area (Å²) in [4.78, 5) is 6.51. The molecule has 0 aliphatic heterocycles. The lowest BCUT2D eigenvalue weighted by atomic mass is 10.2. The average Bonchev–Trinajstić information content (AvgIpc) is 3.26. The number of benzene rings is 1. The number of thiophene rings is 1. The van der Waals surface area contributed by atoms with Crippen LogP contribution in [0.25, 0.3) is 11.4 Å². The molecule has 1 unspecified atom stereocenters. The van der Waals surface area contributed by atoms with Gasteiger partial charge < -0.3 is 14.5 Å². The quantitative estimate of drug-likeness (QED) is 0.718. The van der Waals surface area contributed by atoms with Gasteiger partial charge in [-0.3, -0.25) is 0 Å². The molecule has 0 aliphatic rings. The van der Waals surface area contributed by atoms with Crippen molar-refractivity contribution >= 4 is 17.0 Å². The molecule has 0 saturated carbocycles. The summed E-state index contributed by atoms with van der Waals surface area (Å²) in [6, 6.07) is 11.9. The van der Waals surface area contributed by atoms with E-state index in [2.05, 4.69) is 15.0 Å². The highest BCUT2D eigenvalue weighted by Gasteiger charge is 2.16. The molecule has 1 N–H and O–H groups in total. The fourth-order valence-corrected chi connectivity index (χ4v) is 2.91. The minimum atomic E-state index is -0.394. The topological polar surface area (TPSA) is 62.4 Å². The molecule has 0 aliphatic carbocycles. The van der Waals surface area contributed by atoms with Crippen LogP contribution in [0.4, 0.5) is 5.69 Å². The molecule has 3 rings (SSSR count). The Morgan fingerprint density at radius 3 is 2.78 bits per heavy atom. The molecule has 0 amide bonds. The highest BCUT2D eigenvalue weighted by molar-refractivity contribution is 7.08. The first-order chi connectivity index (χ1) is 11.3. The number of rotatable bonds is 7. The molecule has 1 aromatic carbocycles. The van der Waals surface area contributed by atoms with Crippen molar-refractivity contribution < 1.29 is 9.63 Å². The number of hydrogen-bond donors (Lipinski definition) is 1. The van der Waals surface area contributed by atoms with E-state index in [0.717, 1.165) is 11.3 Å². The van der Waals surface area contributed by atoms with E-state index in [-0.39, 0.29) is 0 Å². The summed E-state index contributed by atoms with van der Waals surface area (Å²) in [7, 11) is 0. The van der Waals surface area contributed by atoms with Crippen molar-refractivity contribution in [3.63, 3.8) is 0 Å². The number of para-hydroxylation sites is 1. The molecule has 0 saturated heterocycles. The van der Waals surface area contributed by atoms with Crippen LogP contribution in [0.5, 0.6) is 0 Å². The van der Waals surface area contributed by atoms with Gasteiger partial charge in [0.15, 0.2) is 0 Å². The van der Waals surface area contributed by atoms with Crippen LogP contribution in [0.15, 0.2) is 51.7 Å². The minimum absolute atomic E-state index is 0.394. The predicted molar refractivity (Wildman–Crippen MR) is 91.4 cm³/mol. The molecule has 0 fully saturated rings. The third-order valence-electron chi connectivity index (χ3n) is 3.60. The maximum Gasteiger partial charge on any atom is 0.246 e. The van der Waals surface area contributed by atoms with Crippen molar-refractivity contribution in [3.8, 4) is 11.4 Å². The standard InChI is InChI=1S/C17H19N3O2S/c1-2-15(21)10-20(14-6-4-3-5-7-14)11-16-18-17(19-22-16)13-8-9-23-12-13/h3-9,12,15,21H,2,10-11H2,1H3. The van der Waals surface area contributed by atoms with Crippen LogP contribution in [-0.2, 0) is 6.54 Å². The van der Waals surface area contributed by atoms with Crippen LogP contribution in [0.3, 0.4) is 0 Å². The number of anilines is 1. The average molecular weight is 329 g/mol. The number of aliphatic hydroxyl groups is 1. The van der Waals surface area contributed by atoms with Crippen LogP contribution < -0.4 is 4.90 Å². The van der Waals surface area contributed by atoms with Gasteiger partial charge in [0.2, 0.25) is 11.7 Å². The first-order valence-electron chi connectivity index (χ1n) is 7.59. The molecule has 1 atom stereocenters. The second-order valence-corrected chi connectivity index (χ2v) is 6.08. The van der Waals surface area contributed by atoms with Crippen molar-refractivity contribution in [2.75, 3.05) is 11.4 Å². The molecule has 120 valence electrons. The lowest BCUT2D eigenvalue weighted by Crippen LogP contribution is -2.31. The van der Waals surface area contributed by atoms with Gasteiger partial charge in [-0.15, -0.1) is 0 Å². The summed E-state index contributed by atoms with van der Waals surface area (Å²) in [6.07, 6.45) is 0.308. The van der Waals surface area contributed by atoms with Gasteiger partial charge >= 0.3 is 0 Å². The summed E-state index contributed by atoms with van der Waals surface area (Å²) in [5.41, 5.74) is 1.99. The van der Waals surface area contributed by atoms with E-state index < -0.39 is 6.10 Å². The zero-order valence-electron chi connectivity index (χ0n) is 12.9. The Morgan fingerprint density at radius 2 is 2.09 bits per heavy atom. The fourth-order valence-electron chi connectivity index (χ4n) is 2.27. The lowest BCUT2D eigenvalue weighted by molar-refractivity contribution is 0.174. The van der Waals surface area contributed by atoms with E-state index in [1.165, 1.54) is 0 Å². The Kier molecular flexibility index (Phi) is 5.05. The lowest BCUT2D eigenvalue weighted by Gasteiger charge is -2.25. The molecular formula is C17H19N3O2S. The number of aliphatic hydroxyl groups excluding tert-OH is 1. The summed E-state index contributed by atoms with van der Waals surface area (Å²) >= 11 is 1.60. The van der Waals surface area contributed by atoms with E-state index in [4.69, 9.17) is 4.52 Å². The highest BCUT2D eigenvalue weighted by atomic mass is 32.1. The van der Waals surface area contributed by atoms with Crippen LogP contribution >= 0.6 is 11.3 Å². The van der Waals surface area contributed by atoms with Crippen LogP contribution in [0.1, 0.15) is 19.2 Å². The summed E-state index contributed by atoms with van der Waals surface area (Å²) in [6.45, 7) is 2.96. The second kappa shape index (κ2) is 7.39. The van der Waals surface area contributed by atoms with Gasteiger partial charge in [-0.25, -0.2) is 0 Å². The molecule has 0 radical (unpaired) electrons. The SMILES string of the molecule is CCC(O)CN(Cc1nc(-c2ccsc2)no1)c1ccccc1. The summed E-state index contributed by atoms with van der Waals surface area (Å²) < 4.78 is 5.38. The Hall–Kier alpha value is -2.18. The molecule has 0 spiro atoms. The molecular weight excluding hydrogens is 310 g/mol. The van der Waals surface area contributed by atoms with E-state index >= 15 is 0 Å². The van der Waals surface area contributed by atoms with Gasteiger partial charge in [-0.1, -0.05) is 30.3 Å². The maximum atomic E-state index is 10.0. The minimum Gasteiger partial charge on any atom is -0.391 e. The number of hydrogen-bond acceptors (Lipinski definition) is 6. The van der Waals surface area contributed by atoms with Crippen LogP contribution in [0, 0.1) is 0 Å². The Bertz CT molecular complexity index is 713. The molecule has 0 bridgehead atoms. The van der Waals surface area contributed by atoms with Gasteiger partial charge in [0.25, 0.3) is 0 Å². The van der Waals surface area contributed by atoms with E-state index in [0.29, 0.717) is 31.2 Å². The largest absolute Gasteiger partial charge is 0.391 e. The molecule has 2 aromatic heterocycles. The van der Waals surface area contributed by atoms with Gasteiger partial charge in [-0.05, 0) is 30.0 Å². The van der Waals surface area contributed by atoms with Gasteiger partial charge in [0, 0.05) is 23.2 Å². The van der Waals surface area contributed by atoms with Gasteiger partial charge in [0.1, 0.15) is 0 Å². The third kappa shape index (κ3) is 3.97. The molecule has 2 heterocycles. The first kappa shape index (κ1) is 15.7. The van der Waals surface area contributed by atoms with Gasteiger partial charge in [0.05, 0.1) is 12.6 Å². The molecule has 3 aromatic rings. The molecule has 5 nitrogen and oxygen atoms in total. The number of aromatic nitrogens is 2. The Labute approximate surface area is 139 Å². The first-order valence-corrected chi connectivity index (χ1v) is 8.53. The van der Waals surface area contributed by atoms with Crippen LogP contribution in [-0.4, -0.2) is 27.9 Å². The van der Waals surface area contributed by atoms with Crippen molar-refractivity contribution in [1.29, 1.82) is 0 Å². The van der Waals surface area contributed by atoms with Crippen molar-refractivity contribution in [3.05, 3.63) is 53.0 Å². The molecule has 23 heavy (non-hydrogen) atoms. The van der Waals surface area contributed by atoms with E-state index in [1.807, 2.05) is 54.1 Å². The van der Waals surface area contributed by atoms with E-state index in [9.17, 15) is 5.11 Å². The predicted octanol–water partition coefficient (Wildman–Crippen LogP) is 3.58. The summed E-state index contributed by atoms with van der Waals surface area (Å²) in [5.74, 6) is 1.14. The fraction of sp³-hybridized carbons (Fsp3) is 0.294.